The molecule has 0 spiro atoms. The summed E-state index contributed by atoms with van der Waals surface area (Å²) < 4.78 is 0. The van der Waals surface area contributed by atoms with E-state index in [4.69, 9.17) is 0 Å². The van der Waals surface area contributed by atoms with Crippen LogP contribution in [0.3, 0.4) is 0 Å². The van der Waals surface area contributed by atoms with Gasteiger partial charge in [-0.1, -0.05) is 54.2 Å². The Morgan fingerprint density at radius 1 is 0.750 bits per heavy atom. The molecule has 0 aliphatic heterocycles. The van der Waals surface area contributed by atoms with Crippen molar-refractivity contribution in [3.8, 4) is 0 Å². The van der Waals surface area contributed by atoms with Crippen LogP contribution >= 0.6 is 11.8 Å². The number of amides is 2. The van der Waals surface area contributed by atoms with E-state index in [9.17, 15) is 9.59 Å². The van der Waals surface area contributed by atoms with Gasteiger partial charge in [-0.05, 0) is 60.5 Å². The standard InChI is InChI=1S/C25H22N4O2S/c1-16-13-17(2)27-25(26-16)32-15-18-7-9-20(10-8-18)23(30)28-29-24(31)22-12-11-19-5-3-4-6-21(19)14-22/h3-14H,15H2,1-2H3,(H,28,30)(H,29,31). The van der Waals surface area contributed by atoms with Gasteiger partial charge in [-0.15, -0.1) is 0 Å². The monoisotopic (exact) mass is 442 g/mol. The van der Waals surface area contributed by atoms with Crippen LogP contribution in [0.1, 0.15) is 37.7 Å². The van der Waals surface area contributed by atoms with Crippen molar-refractivity contribution < 1.29 is 9.59 Å². The molecule has 160 valence electrons. The average Bonchev–Trinajstić information content (AvgIpc) is 2.80. The number of rotatable bonds is 5. The first-order valence-corrected chi connectivity index (χ1v) is 11.1. The zero-order valence-electron chi connectivity index (χ0n) is 17.8. The molecule has 0 atom stereocenters. The van der Waals surface area contributed by atoms with Gasteiger partial charge in [-0.25, -0.2) is 9.97 Å². The van der Waals surface area contributed by atoms with Crippen LogP contribution in [0.15, 0.2) is 78.0 Å². The number of aromatic nitrogens is 2. The molecule has 0 radical (unpaired) electrons. The number of fused-ring (bicyclic) bond motifs is 1. The van der Waals surface area contributed by atoms with Crippen LogP contribution in [-0.2, 0) is 5.75 Å². The summed E-state index contributed by atoms with van der Waals surface area (Å²) in [4.78, 5) is 33.7. The summed E-state index contributed by atoms with van der Waals surface area (Å²) in [5.41, 5.74) is 8.82. The molecule has 1 heterocycles. The van der Waals surface area contributed by atoms with Crippen LogP contribution in [0.2, 0.25) is 0 Å². The van der Waals surface area contributed by atoms with Gasteiger partial charge in [-0.3, -0.25) is 20.4 Å². The minimum Gasteiger partial charge on any atom is -0.267 e. The van der Waals surface area contributed by atoms with Crippen molar-refractivity contribution in [2.45, 2.75) is 24.8 Å². The van der Waals surface area contributed by atoms with Gasteiger partial charge >= 0.3 is 0 Å². The van der Waals surface area contributed by atoms with E-state index in [-0.39, 0.29) is 11.8 Å². The summed E-state index contributed by atoms with van der Waals surface area (Å²) in [5, 5.41) is 2.75. The highest BCUT2D eigenvalue weighted by Gasteiger charge is 2.10. The van der Waals surface area contributed by atoms with E-state index in [0.29, 0.717) is 16.9 Å². The molecule has 0 saturated carbocycles. The first-order valence-electron chi connectivity index (χ1n) is 10.1. The Hall–Kier alpha value is -3.71. The molecule has 2 N–H and O–H groups in total. The first-order chi connectivity index (χ1) is 15.5. The number of aryl methyl sites for hydroxylation is 2. The Balaban J connectivity index is 1.32. The average molecular weight is 443 g/mol. The van der Waals surface area contributed by atoms with Crippen molar-refractivity contribution in [3.63, 3.8) is 0 Å². The van der Waals surface area contributed by atoms with Crippen LogP contribution in [0.4, 0.5) is 0 Å². The topological polar surface area (TPSA) is 84.0 Å². The van der Waals surface area contributed by atoms with Crippen molar-refractivity contribution in [2.75, 3.05) is 0 Å². The van der Waals surface area contributed by atoms with Crippen LogP contribution in [-0.4, -0.2) is 21.8 Å². The van der Waals surface area contributed by atoms with Crippen molar-refractivity contribution in [2.24, 2.45) is 0 Å². The fourth-order valence-corrected chi connectivity index (χ4v) is 4.15. The predicted octanol–water partition coefficient (Wildman–Crippen LogP) is 4.61. The number of hydrazine groups is 1. The van der Waals surface area contributed by atoms with Gasteiger partial charge in [0.25, 0.3) is 11.8 Å². The summed E-state index contributed by atoms with van der Waals surface area (Å²) in [6.07, 6.45) is 0. The van der Waals surface area contributed by atoms with E-state index in [2.05, 4.69) is 20.8 Å². The fourth-order valence-electron chi connectivity index (χ4n) is 3.25. The second-order valence-corrected chi connectivity index (χ2v) is 8.33. The molecule has 0 unspecified atom stereocenters. The summed E-state index contributed by atoms with van der Waals surface area (Å²) in [6, 6.07) is 22.4. The van der Waals surface area contributed by atoms with E-state index in [1.165, 1.54) is 0 Å². The number of thioether (sulfide) groups is 1. The van der Waals surface area contributed by atoms with Crippen molar-refractivity contribution in [3.05, 3.63) is 101 Å². The normalized spacial score (nSPS) is 10.7. The van der Waals surface area contributed by atoms with Gasteiger partial charge < -0.3 is 0 Å². The lowest BCUT2D eigenvalue weighted by atomic mass is 10.1. The minimum absolute atomic E-state index is 0.370. The number of hydrogen-bond acceptors (Lipinski definition) is 5. The quantitative estimate of drug-likeness (QED) is 0.268. The molecule has 4 rings (SSSR count). The molecule has 4 aromatic rings. The number of carbonyl (C=O) groups is 2. The third-order valence-electron chi connectivity index (χ3n) is 4.85. The molecule has 0 fully saturated rings. The van der Waals surface area contributed by atoms with Gasteiger partial charge in [-0.2, -0.15) is 0 Å². The second-order valence-electron chi connectivity index (χ2n) is 7.39. The Labute approximate surface area is 190 Å². The van der Waals surface area contributed by atoms with E-state index in [0.717, 1.165) is 32.9 Å². The van der Waals surface area contributed by atoms with Crippen LogP contribution in [0.25, 0.3) is 10.8 Å². The third-order valence-corrected chi connectivity index (χ3v) is 5.77. The molecular formula is C25H22N4O2S. The largest absolute Gasteiger partial charge is 0.269 e. The number of nitrogens with zero attached hydrogens (tertiary/aromatic N) is 2. The maximum atomic E-state index is 12.4. The maximum absolute atomic E-state index is 12.4. The Kier molecular flexibility index (Phi) is 6.47. The van der Waals surface area contributed by atoms with E-state index in [1.807, 2.05) is 62.4 Å². The predicted molar refractivity (Wildman–Crippen MR) is 126 cm³/mol. The number of nitrogens with one attached hydrogen (secondary N) is 2. The molecule has 7 heteroatoms. The van der Waals surface area contributed by atoms with Gasteiger partial charge in [0.1, 0.15) is 0 Å². The fraction of sp³-hybridized carbons (Fsp3) is 0.120. The lowest BCUT2D eigenvalue weighted by Crippen LogP contribution is -2.41. The first kappa shape index (κ1) is 21.5. The number of carbonyl (C=O) groups excluding carboxylic acids is 2. The van der Waals surface area contributed by atoms with E-state index < -0.39 is 0 Å². The summed E-state index contributed by atoms with van der Waals surface area (Å²) in [5.74, 6) is -0.0507. The smallest absolute Gasteiger partial charge is 0.267 e. The van der Waals surface area contributed by atoms with Gasteiger partial charge in [0.15, 0.2) is 5.16 Å². The Morgan fingerprint density at radius 3 is 2.03 bits per heavy atom. The van der Waals surface area contributed by atoms with Crippen LogP contribution in [0.5, 0.6) is 0 Å². The highest BCUT2D eigenvalue weighted by atomic mass is 32.2. The lowest BCUT2D eigenvalue weighted by Gasteiger charge is -2.09. The van der Waals surface area contributed by atoms with Crippen LogP contribution in [0, 0.1) is 13.8 Å². The Morgan fingerprint density at radius 2 is 1.34 bits per heavy atom. The molecule has 6 nitrogen and oxygen atoms in total. The maximum Gasteiger partial charge on any atom is 0.269 e. The van der Waals surface area contributed by atoms with Gasteiger partial charge in [0.05, 0.1) is 0 Å². The zero-order valence-corrected chi connectivity index (χ0v) is 18.6. The van der Waals surface area contributed by atoms with Gasteiger partial charge in [0.2, 0.25) is 0 Å². The highest BCUT2D eigenvalue weighted by Crippen LogP contribution is 2.20. The molecule has 0 aliphatic rings. The molecule has 0 aliphatic carbocycles. The van der Waals surface area contributed by atoms with Crippen molar-refractivity contribution >= 4 is 34.3 Å². The minimum atomic E-state index is -0.379. The lowest BCUT2D eigenvalue weighted by molar-refractivity contribution is 0.0847. The molecule has 3 aromatic carbocycles. The molecule has 1 aromatic heterocycles. The van der Waals surface area contributed by atoms with E-state index in [1.54, 1.807) is 36.0 Å². The molecule has 0 bridgehead atoms. The molecule has 0 saturated heterocycles. The van der Waals surface area contributed by atoms with Gasteiger partial charge in [0, 0.05) is 28.3 Å². The number of benzene rings is 3. The molecule has 32 heavy (non-hydrogen) atoms. The van der Waals surface area contributed by atoms with Crippen molar-refractivity contribution in [1.29, 1.82) is 0 Å². The summed E-state index contributed by atoms with van der Waals surface area (Å²) in [7, 11) is 0. The Bertz CT molecular complexity index is 1270. The summed E-state index contributed by atoms with van der Waals surface area (Å²) in [6.45, 7) is 3.90. The SMILES string of the molecule is Cc1cc(C)nc(SCc2ccc(C(=O)NNC(=O)c3ccc4ccccc4c3)cc2)n1. The summed E-state index contributed by atoms with van der Waals surface area (Å²) >= 11 is 1.55. The van der Waals surface area contributed by atoms with E-state index >= 15 is 0 Å². The second kappa shape index (κ2) is 9.62. The highest BCUT2D eigenvalue weighted by molar-refractivity contribution is 7.98. The van der Waals surface area contributed by atoms with Crippen LogP contribution < -0.4 is 10.9 Å². The zero-order chi connectivity index (χ0) is 22.5. The third kappa shape index (κ3) is 5.31. The number of hydrogen-bond donors (Lipinski definition) is 2. The molecule has 2 amide bonds. The molecular weight excluding hydrogens is 420 g/mol. The van der Waals surface area contributed by atoms with Crippen molar-refractivity contribution in [1.82, 2.24) is 20.8 Å².